The predicted molar refractivity (Wildman–Crippen MR) is 89.7 cm³/mol. The highest BCUT2D eigenvalue weighted by Crippen LogP contribution is 2.37. The summed E-state index contributed by atoms with van der Waals surface area (Å²) in [4.78, 5) is 14.9. The Morgan fingerprint density at radius 1 is 1.59 bits per heavy atom. The van der Waals surface area contributed by atoms with Crippen LogP contribution in [0.25, 0.3) is 0 Å². The smallest absolute Gasteiger partial charge is 0.258 e. The van der Waals surface area contributed by atoms with Crippen molar-refractivity contribution in [3.63, 3.8) is 0 Å². The fourth-order valence-corrected chi connectivity index (χ4v) is 3.60. The van der Waals surface area contributed by atoms with Gasteiger partial charge in [0.15, 0.2) is 0 Å². The van der Waals surface area contributed by atoms with Crippen LogP contribution in [0.3, 0.4) is 0 Å². The molecule has 6 heteroatoms. The van der Waals surface area contributed by atoms with E-state index in [0.29, 0.717) is 22.8 Å². The Morgan fingerprint density at radius 2 is 2.32 bits per heavy atom. The van der Waals surface area contributed by atoms with E-state index >= 15 is 0 Å². The van der Waals surface area contributed by atoms with E-state index < -0.39 is 0 Å². The minimum absolute atomic E-state index is 0.0845. The average Bonchev–Trinajstić information content (AvgIpc) is 2.95. The summed E-state index contributed by atoms with van der Waals surface area (Å²) in [5.41, 5.74) is 0.990. The summed E-state index contributed by atoms with van der Waals surface area (Å²) in [5, 5.41) is 13.1. The molecular formula is C16H23BrN2O3. The molecule has 0 saturated carbocycles. The van der Waals surface area contributed by atoms with Gasteiger partial charge in [-0.25, -0.2) is 0 Å². The van der Waals surface area contributed by atoms with E-state index in [2.05, 4.69) is 33.1 Å². The Bertz CT molecular complexity index is 563. The Morgan fingerprint density at radius 3 is 2.95 bits per heavy atom. The number of hydrogen-bond acceptors (Lipinski definition) is 4. The second kappa shape index (κ2) is 7.33. The highest BCUT2D eigenvalue weighted by atomic mass is 79.9. The number of nitrogens with zero attached hydrogens (tertiary/aromatic N) is 1. The van der Waals surface area contributed by atoms with Crippen molar-refractivity contribution in [3.8, 4) is 11.5 Å². The zero-order valence-electron chi connectivity index (χ0n) is 13.3. The van der Waals surface area contributed by atoms with Crippen molar-refractivity contribution in [2.45, 2.75) is 32.7 Å². The van der Waals surface area contributed by atoms with Gasteiger partial charge in [-0.3, -0.25) is 9.69 Å². The van der Waals surface area contributed by atoms with Crippen molar-refractivity contribution in [1.29, 1.82) is 0 Å². The number of aryl methyl sites for hydroxylation is 1. The van der Waals surface area contributed by atoms with Gasteiger partial charge in [-0.1, -0.05) is 6.92 Å². The molecule has 1 aliphatic rings. The van der Waals surface area contributed by atoms with Gasteiger partial charge in [0.1, 0.15) is 17.1 Å². The first-order valence-electron chi connectivity index (χ1n) is 7.57. The summed E-state index contributed by atoms with van der Waals surface area (Å²) < 4.78 is 5.79. The van der Waals surface area contributed by atoms with Crippen molar-refractivity contribution in [1.82, 2.24) is 10.2 Å². The lowest BCUT2D eigenvalue weighted by Crippen LogP contribution is -2.40. The number of phenolic OH excluding ortho intramolecular Hbond substituents is 1. The van der Waals surface area contributed by atoms with Crippen LogP contribution in [0.2, 0.25) is 0 Å². The molecule has 0 bridgehead atoms. The maximum atomic E-state index is 12.5. The number of likely N-dealkylation sites (tertiary alicyclic amines) is 1. The zero-order chi connectivity index (χ0) is 16.3. The highest BCUT2D eigenvalue weighted by molar-refractivity contribution is 9.10. The third-order valence-corrected chi connectivity index (χ3v) is 4.83. The van der Waals surface area contributed by atoms with Crippen molar-refractivity contribution in [2.75, 3.05) is 26.7 Å². The van der Waals surface area contributed by atoms with E-state index in [-0.39, 0.29) is 17.2 Å². The Kier molecular flexibility index (Phi) is 5.69. The first-order chi connectivity index (χ1) is 10.5. The molecule has 0 unspecified atom stereocenters. The molecule has 0 aliphatic carbocycles. The number of amides is 1. The lowest BCUT2D eigenvalue weighted by molar-refractivity contribution is 0.0935. The number of methoxy groups -OCH3 is 1. The second-order valence-electron chi connectivity index (χ2n) is 5.57. The van der Waals surface area contributed by atoms with Crippen molar-refractivity contribution >= 4 is 21.8 Å². The molecule has 1 amide bonds. The van der Waals surface area contributed by atoms with Crippen LogP contribution in [0.4, 0.5) is 0 Å². The van der Waals surface area contributed by atoms with E-state index in [1.165, 1.54) is 13.5 Å². The highest BCUT2D eigenvalue weighted by Gasteiger charge is 2.26. The van der Waals surface area contributed by atoms with E-state index in [9.17, 15) is 9.90 Å². The molecule has 1 fully saturated rings. The number of likely N-dealkylation sites (N-methyl/N-ethyl adjacent to an activating group) is 1. The van der Waals surface area contributed by atoms with E-state index in [1.54, 1.807) is 6.07 Å². The number of benzene rings is 1. The molecule has 1 aromatic rings. The summed E-state index contributed by atoms with van der Waals surface area (Å²) in [5.74, 6) is 0.0254. The van der Waals surface area contributed by atoms with Crippen LogP contribution in [-0.2, 0) is 0 Å². The number of carbonyl (C=O) groups is 1. The molecular weight excluding hydrogens is 348 g/mol. The molecule has 22 heavy (non-hydrogen) atoms. The summed E-state index contributed by atoms with van der Waals surface area (Å²) in [6.45, 7) is 6.63. The summed E-state index contributed by atoms with van der Waals surface area (Å²) in [7, 11) is 1.50. The van der Waals surface area contributed by atoms with E-state index in [4.69, 9.17) is 4.74 Å². The minimum Gasteiger partial charge on any atom is -0.506 e. The summed E-state index contributed by atoms with van der Waals surface area (Å²) in [6, 6.07) is 2.11. The molecule has 122 valence electrons. The van der Waals surface area contributed by atoms with Gasteiger partial charge in [0.25, 0.3) is 5.91 Å². The number of ether oxygens (including phenoxy) is 1. The van der Waals surface area contributed by atoms with Crippen molar-refractivity contribution in [2.24, 2.45) is 0 Å². The quantitative estimate of drug-likeness (QED) is 0.836. The molecule has 2 rings (SSSR count). The lowest BCUT2D eigenvalue weighted by atomic mass is 10.1. The predicted octanol–water partition coefficient (Wildman–Crippen LogP) is 2.69. The maximum Gasteiger partial charge on any atom is 0.258 e. The van der Waals surface area contributed by atoms with Crippen LogP contribution in [0.5, 0.6) is 11.5 Å². The molecule has 5 nitrogen and oxygen atoms in total. The van der Waals surface area contributed by atoms with Crippen LogP contribution in [0.15, 0.2) is 10.5 Å². The van der Waals surface area contributed by atoms with Crippen molar-refractivity contribution < 1.29 is 14.6 Å². The first-order valence-corrected chi connectivity index (χ1v) is 8.37. The first kappa shape index (κ1) is 17.1. The van der Waals surface area contributed by atoms with Gasteiger partial charge in [-0.05, 0) is 60.4 Å². The monoisotopic (exact) mass is 370 g/mol. The SMILES string of the molecule is CCN1CCC[C@H]1CNC(=O)c1c(O)c(Br)cc(C)c1OC. The zero-order valence-corrected chi connectivity index (χ0v) is 14.9. The van der Waals surface area contributed by atoms with Crippen LogP contribution in [0.1, 0.15) is 35.7 Å². The molecule has 0 spiro atoms. The van der Waals surface area contributed by atoms with Gasteiger partial charge in [0.2, 0.25) is 0 Å². The molecule has 1 aliphatic heterocycles. The largest absolute Gasteiger partial charge is 0.506 e. The van der Waals surface area contributed by atoms with Crippen LogP contribution in [0, 0.1) is 6.92 Å². The third kappa shape index (κ3) is 3.38. The lowest BCUT2D eigenvalue weighted by Gasteiger charge is -2.23. The van der Waals surface area contributed by atoms with Crippen molar-refractivity contribution in [3.05, 3.63) is 21.7 Å². The molecule has 1 saturated heterocycles. The molecule has 2 N–H and O–H groups in total. The number of hydrogen-bond donors (Lipinski definition) is 2. The number of aromatic hydroxyl groups is 1. The van der Waals surface area contributed by atoms with Gasteiger partial charge in [-0.2, -0.15) is 0 Å². The Hall–Kier alpha value is -1.27. The fraction of sp³-hybridized carbons (Fsp3) is 0.562. The molecule has 1 aromatic carbocycles. The van der Waals surface area contributed by atoms with E-state index in [0.717, 1.165) is 25.1 Å². The average molecular weight is 371 g/mol. The van der Waals surface area contributed by atoms with Crippen LogP contribution < -0.4 is 10.1 Å². The van der Waals surface area contributed by atoms with Gasteiger partial charge in [0, 0.05) is 12.6 Å². The topological polar surface area (TPSA) is 61.8 Å². The maximum absolute atomic E-state index is 12.5. The Labute approximate surface area is 139 Å². The van der Waals surface area contributed by atoms with Gasteiger partial charge < -0.3 is 15.2 Å². The molecule has 1 atom stereocenters. The van der Waals surface area contributed by atoms with Crippen LogP contribution in [-0.4, -0.2) is 48.7 Å². The van der Waals surface area contributed by atoms with Gasteiger partial charge in [-0.15, -0.1) is 0 Å². The number of nitrogens with one attached hydrogen (secondary N) is 1. The van der Waals surface area contributed by atoms with Gasteiger partial charge in [0.05, 0.1) is 11.6 Å². The minimum atomic E-state index is -0.304. The number of phenols is 1. The number of rotatable bonds is 5. The summed E-state index contributed by atoms with van der Waals surface area (Å²) >= 11 is 3.27. The number of carbonyl (C=O) groups excluding carboxylic acids is 1. The standard InChI is InChI=1S/C16H23BrN2O3/c1-4-19-7-5-6-11(19)9-18-16(21)13-14(20)12(17)8-10(2)15(13)22-3/h8,11,20H,4-7,9H2,1-3H3,(H,18,21)/t11-/m0/s1. The summed E-state index contributed by atoms with van der Waals surface area (Å²) in [6.07, 6.45) is 2.26. The number of halogens is 1. The third-order valence-electron chi connectivity index (χ3n) is 4.23. The molecule has 0 radical (unpaired) electrons. The second-order valence-corrected chi connectivity index (χ2v) is 6.42. The molecule has 0 aromatic heterocycles. The van der Waals surface area contributed by atoms with Gasteiger partial charge >= 0.3 is 0 Å². The van der Waals surface area contributed by atoms with Crippen LogP contribution >= 0.6 is 15.9 Å². The normalized spacial score (nSPS) is 18.5. The Balaban J connectivity index is 2.16. The van der Waals surface area contributed by atoms with E-state index in [1.807, 2.05) is 6.92 Å². The fourth-order valence-electron chi connectivity index (χ4n) is 3.06. The molecule has 1 heterocycles.